The van der Waals surface area contributed by atoms with Crippen LogP contribution < -0.4 is 5.32 Å². The van der Waals surface area contributed by atoms with Gasteiger partial charge in [0.05, 0.1) is 22.1 Å². The van der Waals surface area contributed by atoms with Gasteiger partial charge in [0, 0.05) is 32.8 Å². The molecule has 1 aliphatic rings. The average Bonchev–Trinajstić information content (AvgIpc) is 3.82. The molecule has 8 aromatic carbocycles. The summed E-state index contributed by atoms with van der Waals surface area (Å²) in [4.78, 5) is 10.1. The van der Waals surface area contributed by atoms with E-state index in [1.807, 2.05) is 36.4 Å². The first kappa shape index (κ1) is 32.0. The normalized spacial score (nSPS) is 14.2. The first-order valence-electron chi connectivity index (χ1n) is 18.9. The van der Waals surface area contributed by atoms with Gasteiger partial charge in [-0.1, -0.05) is 158 Å². The maximum absolute atomic E-state index is 6.74. The Morgan fingerprint density at radius 3 is 1.61 bits per heavy atom. The van der Waals surface area contributed by atoms with Gasteiger partial charge >= 0.3 is 0 Å². The number of nitrogens with one attached hydrogen (secondary N) is 1. The lowest BCUT2D eigenvalue weighted by atomic mass is 10.0. The van der Waals surface area contributed by atoms with Gasteiger partial charge in [0.25, 0.3) is 0 Å². The minimum atomic E-state index is -0.361. The second kappa shape index (κ2) is 13.1. The van der Waals surface area contributed by atoms with E-state index in [9.17, 15) is 0 Å². The second-order valence-electron chi connectivity index (χ2n) is 14.2. The van der Waals surface area contributed by atoms with Crippen molar-refractivity contribution < 1.29 is 4.42 Å². The third kappa shape index (κ3) is 5.40. The van der Waals surface area contributed by atoms with E-state index in [2.05, 4.69) is 168 Å². The highest BCUT2D eigenvalue weighted by Gasteiger charge is 2.24. The first-order chi connectivity index (χ1) is 27.7. The van der Waals surface area contributed by atoms with Crippen LogP contribution in [0.25, 0.3) is 71.7 Å². The lowest BCUT2D eigenvalue weighted by Gasteiger charge is -2.23. The summed E-state index contributed by atoms with van der Waals surface area (Å²) in [6.45, 7) is 0. The first-order valence-corrected chi connectivity index (χ1v) is 18.9. The highest BCUT2D eigenvalue weighted by molar-refractivity contribution is 6.16. The number of benzene rings is 8. The maximum atomic E-state index is 6.74. The van der Waals surface area contributed by atoms with Crippen LogP contribution in [0, 0.1) is 0 Å². The van der Waals surface area contributed by atoms with E-state index < -0.39 is 0 Å². The van der Waals surface area contributed by atoms with Crippen LogP contribution in [-0.2, 0) is 0 Å². The lowest BCUT2D eigenvalue weighted by Crippen LogP contribution is -2.33. The molecule has 264 valence electrons. The van der Waals surface area contributed by atoms with Crippen molar-refractivity contribution in [2.45, 2.75) is 6.17 Å². The summed E-state index contributed by atoms with van der Waals surface area (Å²) in [7, 11) is 0. The van der Waals surface area contributed by atoms with Gasteiger partial charge in [-0.05, 0) is 58.7 Å². The molecule has 3 heterocycles. The predicted molar refractivity (Wildman–Crippen MR) is 231 cm³/mol. The summed E-state index contributed by atoms with van der Waals surface area (Å²) in [6, 6.07) is 68.1. The SMILES string of the molecule is c1ccc(C2=NC(c3ccc4c(c3)oc3cccc(-n5c6cc(-c7ccccc7)ccc6c6ccc(-c7ccccc7)cc65)c34)NC(c3ccccc3)=N2)cc1. The Kier molecular flexibility index (Phi) is 7.49. The van der Waals surface area contributed by atoms with Crippen molar-refractivity contribution in [3.8, 4) is 27.9 Å². The molecule has 2 aromatic heterocycles. The highest BCUT2D eigenvalue weighted by atomic mass is 16.3. The van der Waals surface area contributed by atoms with Crippen molar-refractivity contribution in [2.24, 2.45) is 9.98 Å². The monoisotopic (exact) mass is 718 g/mol. The van der Waals surface area contributed by atoms with Crippen LogP contribution in [-0.4, -0.2) is 16.2 Å². The number of rotatable bonds is 6. The molecular weight excluding hydrogens is 685 g/mol. The fourth-order valence-corrected chi connectivity index (χ4v) is 8.16. The quantitative estimate of drug-likeness (QED) is 0.186. The van der Waals surface area contributed by atoms with Gasteiger partial charge in [0.2, 0.25) is 0 Å². The van der Waals surface area contributed by atoms with Gasteiger partial charge in [-0.15, -0.1) is 0 Å². The molecule has 1 atom stereocenters. The lowest BCUT2D eigenvalue weighted by molar-refractivity contribution is 0.655. The van der Waals surface area contributed by atoms with Crippen LogP contribution in [0.2, 0.25) is 0 Å². The Hall–Kier alpha value is -7.50. The van der Waals surface area contributed by atoms with E-state index in [1.54, 1.807) is 0 Å². The fraction of sp³-hybridized carbons (Fsp3) is 0.0196. The van der Waals surface area contributed by atoms with E-state index in [1.165, 1.54) is 33.0 Å². The molecule has 11 rings (SSSR count). The predicted octanol–water partition coefficient (Wildman–Crippen LogP) is 12.5. The molecule has 56 heavy (non-hydrogen) atoms. The average molecular weight is 719 g/mol. The molecule has 0 radical (unpaired) electrons. The van der Waals surface area contributed by atoms with Gasteiger partial charge in [-0.25, -0.2) is 9.98 Å². The molecule has 0 amide bonds. The molecule has 0 saturated carbocycles. The Labute approximate surface area is 323 Å². The molecule has 10 aromatic rings. The van der Waals surface area contributed by atoms with Crippen molar-refractivity contribution in [2.75, 3.05) is 0 Å². The number of hydrogen-bond acceptors (Lipinski definition) is 4. The Morgan fingerprint density at radius 2 is 1.00 bits per heavy atom. The molecular formula is C51H34N4O. The maximum Gasteiger partial charge on any atom is 0.159 e. The van der Waals surface area contributed by atoms with Crippen LogP contribution in [0.3, 0.4) is 0 Å². The van der Waals surface area contributed by atoms with Crippen molar-refractivity contribution in [3.05, 3.63) is 211 Å². The summed E-state index contributed by atoms with van der Waals surface area (Å²) in [5, 5.41) is 8.14. The zero-order valence-electron chi connectivity index (χ0n) is 30.3. The topological polar surface area (TPSA) is 54.8 Å². The number of furan rings is 1. The van der Waals surface area contributed by atoms with Crippen molar-refractivity contribution in [3.63, 3.8) is 0 Å². The number of amidine groups is 2. The minimum absolute atomic E-state index is 0.361. The summed E-state index contributed by atoms with van der Waals surface area (Å²) in [5.74, 6) is 1.48. The number of hydrogen-bond donors (Lipinski definition) is 1. The zero-order chi connectivity index (χ0) is 37.0. The fourth-order valence-electron chi connectivity index (χ4n) is 8.16. The zero-order valence-corrected chi connectivity index (χ0v) is 30.3. The second-order valence-corrected chi connectivity index (χ2v) is 14.2. The Bertz CT molecular complexity index is 3050. The van der Waals surface area contributed by atoms with E-state index >= 15 is 0 Å². The van der Waals surface area contributed by atoms with Gasteiger partial charge in [-0.2, -0.15) is 0 Å². The van der Waals surface area contributed by atoms with Crippen LogP contribution >= 0.6 is 0 Å². The smallest absolute Gasteiger partial charge is 0.159 e. The van der Waals surface area contributed by atoms with E-state index in [-0.39, 0.29) is 6.17 Å². The van der Waals surface area contributed by atoms with E-state index in [0.29, 0.717) is 5.84 Å². The third-order valence-corrected chi connectivity index (χ3v) is 10.9. The Balaban J connectivity index is 1.10. The molecule has 0 spiro atoms. The van der Waals surface area contributed by atoms with Crippen LogP contribution in [0.15, 0.2) is 209 Å². The largest absolute Gasteiger partial charge is 0.456 e. The highest BCUT2D eigenvalue weighted by Crippen LogP contribution is 2.41. The number of fused-ring (bicyclic) bond motifs is 6. The van der Waals surface area contributed by atoms with Crippen LogP contribution in [0.5, 0.6) is 0 Å². The molecule has 5 heteroatoms. The third-order valence-electron chi connectivity index (χ3n) is 10.9. The molecule has 0 aliphatic carbocycles. The summed E-state index contributed by atoms with van der Waals surface area (Å²) in [5.41, 5.74) is 12.7. The molecule has 1 unspecified atom stereocenters. The molecule has 0 fully saturated rings. The molecule has 5 nitrogen and oxygen atoms in total. The van der Waals surface area contributed by atoms with Gasteiger partial charge in [0.1, 0.15) is 23.2 Å². The summed E-state index contributed by atoms with van der Waals surface area (Å²) < 4.78 is 9.16. The summed E-state index contributed by atoms with van der Waals surface area (Å²) in [6.07, 6.45) is -0.361. The van der Waals surface area contributed by atoms with E-state index in [4.69, 9.17) is 14.4 Å². The Morgan fingerprint density at radius 1 is 0.446 bits per heavy atom. The van der Waals surface area contributed by atoms with Gasteiger partial charge < -0.3 is 14.3 Å². The molecule has 0 saturated heterocycles. The van der Waals surface area contributed by atoms with Crippen LogP contribution in [0.4, 0.5) is 0 Å². The van der Waals surface area contributed by atoms with Crippen molar-refractivity contribution >= 4 is 55.4 Å². The summed E-state index contributed by atoms with van der Waals surface area (Å²) >= 11 is 0. The van der Waals surface area contributed by atoms with Gasteiger partial charge in [0.15, 0.2) is 5.84 Å². The van der Waals surface area contributed by atoms with Crippen molar-refractivity contribution in [1.29, 1.82) is 0 Å². The molecule has 1 N–H and O–H groups in total. The standard InChI is InChI=1S/C51H34N4O/c1-5-14-33(15-6-1)37-24-27-40-41-28-25-38(34-16-7-2-8-17-34)31-45(41)55(44(40)30-37)43-22-13-23-46-48(43)42-29-26-39(32-47(42)56-46)51-53-49(35-18-9-3-10-19-35)52-50(54-51)36-20-11-4-12-21-36/h1-32,51H,(H,52,53,54). The number of nitrogens with zero attached hydrogens (tertiary/aromatic N) is 3. The minimum Gasteiger partial charge on any atom is -0.456 e. The molecule has 1 aliphatic heterocycles. The van der Waals surface area contributed by atoms with Crippen molar-refractivity contribution in [1.82, 2.24) is 9.88 Å². The number of aromatic nitrogens is 1. The number of aliphatic imine (C=N–C) groups is 2. The van der Waals surface area contributed by atoms with Gasteiger partial charge in [-0.3, -0.25) is 0 Å². The van der Waals surface area contributed by atoms with Crippen LogP contribution in [0.1, 0.15) is 22.9 Å². The van der Waals surface area contributed by atoms with E-state index in [0.717, 1.165) is 61.2 Å². The molecule has 0 bridgehead atoms.